The third kappa shape index (κ3) is 2.60. The predicted molar refractivity (Wildman–Crippen MR) is 73.8 cm³/mol. The molecule has 1 aliphatic rings. The molecule has 4 atom stereocenters. The van der Waals surface area contributed by atoms with E-state index >= 15 is 0 Å². The first-order valence-corrected chi connectivity index (χ1v) is 7.01. The molecule has 2 rings (SSSR count). The summed E-state index contributed by atoms with van der Waals surface area (Å²) in [5.74, 6) is 0.952. The highest BCUT2D eigenvalue weighted by Crippen LogP contribution is 2.42. The Balaban J connectivity index is 2.27. The van der Waals surface area contributed by atoms with Crippen molar-refractivity contribution in [3.63, 3.8) is 0 Å². The van der Waals surface area contributed by atoms with Crippen LogP contribution in [0.2, 0.25) is 0 Å². The highest BCUT2D eigenvalue weighted by Gasteiger charge is 2.43. The zero-order valence-electron chi connectivity index (χ0n) is 11.6. The highest BCUT2D eigenvalue weighted by molar-refractivity contribution is 5.23. The Labute approximate surface area is 110 Å². The van der Waals surface area contributed by atoms with Crippen LogP contribution >= 0.6 is 0 Å². The standard InChI is InChI=1S/C16H24O2/c1-4-14-13(11-17-3)16(15(5-2)18-14)12-9-7-6-8-10-12/h6-10,13-16H,4-5,11H2,1-3H3. The molecule has 0 N–H and O–H groups in total. The van der Waals surface area contributed by atoms with Crippen molar-refractivity contribution in [3.05, 3.63) is 35.9 Å². The van der Waals surface area contributed by atoms with Crippen molar-refractivity contribution < 1.29 is 9.47 Å². The summed E-state index contributed by atoms with van der Waals surface area (Å²) in [4.78, 5) is 0. The summed E-state index contributed by atoms with van der Waals surface area (Å²) >= 11 is 0. The molecule has 0 saturated carbocycles. The molecule has 0 bridgehead atoms. The van der Waals surface area contributed by atoms with E-state index in [9.17, 15) is 0 Å². The van der Waals surface area contributed by atoms with E-state index < -0.39 is 0 Å². The average molecular weight is 248 g/mol. The van der Waals surface area contributed by atoms with E-state index in [1.165, 1.54) is 5.56 Å². The molecule has 0 spiro atoms. The molecule has 0 aliphatic carbocycles. The summed E-state index contributed by atoms with van der Waals surface area (Å²) in [5, 5.41) is 0. The van der Waals surface area contributed by atoms with Crippen LogP contribution in [0.3, 0.4) is 0 Å². The second kappa shape index (κ2) is 6.35. The summed E-state index contributed by atoms with van der Waals surface area (Å²) in [5.41, 5.74) is 1.39. The lowest BCUT2D eigenvalue weighted by Gasteiger charge is -2.23. The first kappa shape index (κ1) is 13.6. The van der Waals surface area contributed by atoms with Gasteiger partial charge in [0.15, 0.2) is 0 Å². The molecule has 1 aromatic carbocycles. The fraction of sp³-hybridized carbons (Fsp3) is 0.625. The molecule has 1 fully saturated rings. The Morgan fingerprint density at radius 2 is 1.72 bits per heavy atom. The van der Waals surface area contributed by atoms with E-state index in [1.54, 1.807) is 7.11 Å². The lowest BCUT2D eigenvalue weighted by Crippen LogP contribution is -2.24. The fourth-order valence-corrected chi connectivity index (χ4v) is 3.21. The van der Waals surface area contributed by atoms with Gasteiger partial charge in [0.05, 0.1) is 18.8 Å². The lowest BCUT2D eigenvalue weighted by molar-refractivity contribution is 0.0183. The van der Waals surface area contributed by atoms with E-state index in [-0.39, 0.29) is 0 Å². The monoisotopic (exact) mass is 248 g/mol. The summed E-state index contributed by atoms with van der Waals surface area (Å²) in [7, 11) is 1.79. The molecular formula is C16H24O2. The second-order valence-corrected chi connectivity index (χ2v) is 5.09. The van der Waals surface area contributed by atoms with E-state index in [1.807, 2.05) is 0 Å². The SMILES string of the molecule is CCC1OC(CC)C(c2ccccc2)C1COC. The van der Waals surface area contributed by atoms with Gasteiger partial charge in [-0.2, -0.15) is 0 Å². The van der Waals surface area contributed by atoms with Crippen LogP contribution in [0.4, 0.5) is 0 Å². The van der Waals surface area contributed by atoms with Gasteiger partial charge in [-0.05, 0) is 18.4 Å². The first-order chi connectivity index (χ1) is 8.81. The van der Waals surface area contributed by atoms with Gasteiger partial charge in [0.1, 0.15) is 0 Å². The molecule has 18 heavy (non-hydrogen) atoms. The minimum Gasteiger partial charge on any atom is -0.384 e. The number of hydrogen-bond acceptors (Lipinski definition) is 2. The van der Waals surface area contributed by atoms with Crippen LogP contribution in [0, 0.1) is 5.92 Å². The second-order valence-electron chi connectivity index (χ2n) is 5.09. The smallest absolute Gasteiger partial charge is 0.0649 e. The van der Waals surface area contributed by atoms with Crippen LogP contribution in [-0.4, -0.2) is 25.9 Å². The maximum atomic E-state index is 6.21. The topological polar surface area (TPSA) is 18.5 Å². The molecule has 1 aromatic rings. The number of methoxy groups -OCH3 is 1. The van der Waals surface area contributed by atoms with Crippen molar-refractivity contribution in [2.45, 2.75) is 44.8 Å². The zero-order chi connectivity index (χ0) is 13.0. The molecular weight excluding hydrogens is 224 g/mol. The van der Waals surface area contributed by atoms with Gasteiger partial charge in [-0.15, -0.1) is 0 Å². The number of rotatable bonds is 5. The van der Waals surface area contributed by atoms with Crippen LogP contribution in [0.15, 0.2) is 30.3 Å². The molecule has 2 nitrogen and oxygen atoms in total. The van der Waals surface area contributed by atoms with Gasteiger partial charge in [0.25, 0.3) is 0 Å². The summed E-state index contributed by atoms with van der Waals surface area (Å²) in [6.07, 6.45) is 2.79. The molecule has 100 valence electrons. The van der Waals surface area contributed by atoms with Crippen LogP contribution in [0.1, 0.15) is 38.2 Å². The molecule has 4 unspecified atom stereocenters. The third-order valence-electron chi connectivity index (χ3n) is 4.04. The van der Waals surface area contributed by atoms with Crippen LogP contribution in [0.25, 0.3) is 0 Å². The Morgan fingerprint density at radius 1 is 1.06 bits per heavy atom. The largest absolute Gasteiger partial charge is 0.384 e. The van der Waals surface area contributed by atoms with Gasteiger partial charge in [0, 0.05) is 18.9 Å². The molecule has 0 amide bonds. The highest BCUT2D eigenvalue weighted by atomic mass is 16.5. The van der Waals surface area contributed by atoms with Crippen molar-refractivity contribution in [2.24, 2.45) is 5.92 Å². The molecule has 1 aliphatic heterocycles. The maximum absolute atomic E-state index is 6.21. The van der Waals surface area contributed by atoms with Crippen LogP contribution in [0.5, 0.6) is 0 Å². The van der Waals surface area contributed by atoms with Gasteiger partial charge < -0.3 is 9.47 Å². The molecule has 1 heterocycles. The third-order valence-corrected chi connectivity index (χ3v) is 4.04. The van der Waals surface area contributed by atoms with Crippen LogP contribution < -0.4 is 0 Å². The molecule has 1 saturated heterocycles. The number of hydrogen-bond donors (Lipinski definition) is 0. The quantitative estimate of drug-likeness (QED) is 0.792. The molecule has 0 aromatic heterocycles. The lowest BCUT2D eigenvalue weighted by atomic mass is 9.81. The normalized spacial score (nSPS) is 31.7. The molecule has 0 radical (unpaired) electrons. The maximum Gasteiger partial charge on any atom is 0.0649 e. The number of benzene rings is 1. The van der Waals surface area contributed by atoms with Gasteiger partial charge in [0.2, 0.25) is 0 Å². The minimum atomic E-state index is 0.331. The fourth-order valence-electron chi connectivity index (χ4n) is 3.21. The van der Waals surface area contributed by atoms with Crippen molar-refractivity contribution >= 4 is 0 Å². The van der Waals surface area contributed by atoms with Gasteiger partial charge in [-0.25, -0.2) is 0 Å². The van der Waals surface area contributed by atoms with Crippen molar-refractivity contribution in [1.29, 1.82) is 0 Å². The Bertz CT molecular complexity index is 349. The van der Waals surface area contributed by atoms with Crippen molar-refractivity contribution in [3.8, 4) is 0 Å². The van der Waals surface area contributed by atoms with Crippen molar-refractivity contribution in [2.75, 3.05) is 13.7 Å². The van der Waals surface area contributed by atoms with Crippen LogP contribution in [-0.2, 0) is 9.47 Å². The Morgan fingerprint density at radius 3 is 2.28 bits per heavy atom. The summed E-state index contributed by atoms with van der Waals surface area (Å²) in [6, 6.07) is 10.7. The van der Waals surface area contributed by atoms with E-state index in [0.29, 0.717) is 24.0 Å². The minimum absolute atomic E-state index is 0.331. The van der Waals surface area contributed by atoms with Gasteiger partial charge in [-0.3, -0.25) is 0 Å². The van der Waals surface area contributed by atoms with Crippen molar-refractivity contribution in [1.82, 2.24) is 0 Å². The summed E-state index contributed by atoms with van der Waals surface area (Å²) < 4.78 is 11.6. The van der Waals surface area contributed by atoms with Gasteiger partial charge in [-0.1, -0.05) is 44.2 Å². The zero-order valence-corrected chi connectivity index (χ0v) is 11.6. The van der Waals surface area contributed by atoms with Gasteiger partial charge >= 0.3 is 0 Å². The van der Waals surface area contributed by atoms with E-state index in [0.717, 1.165) is 19.4 Å². The summed E-state index contributed by atoms with van der Waals surface area (Å²) in [6.45, 7) is 5.20. The average Bonchev–Trinajstić information content (AvgIpc) is 2.78. The van der Waals surface area contributed by atoms with E-state index in [4.69, 9.17) is 9.47 Å². The van der Waals surface area contributed by atoms with E-state index in [2.05, 4.69) is 44.2 Å². The predicted octanol–water partition coefficient (Wildman–Crippen LogP) is 3.62. The first-order valence-electron chi connectivity index (χ1n) is 7.01. The Kier molecular flexibility index (Phi) is 4.79. The number of ether oxygens (including phenoxy) is 2. The Hall–Kier alpha value is -0.860. The molecule has 2 heteroatoms.